The Hall–Kier alpha value is -2.65. The third-order valence-corrected chi connectivity index (χ3v) is 7.33. The van der Waals surface area contributed by atoms with Crippen molar-refractivity contribution in [3.63, 3.8) is 0 Å². The van der Waals surface area contributed by atoms with Gasteiger partial charge >= 0.3 is 0 Å². The van der Waals surface area contributed by atoms with Crippen LogP contribution in [0.5, 0.6) is 0 Å². The predicted molar refractivity (Wildman–Crippen MR) is 121 cm³/mol. The number of primary amides is 1. The number of nitrogens with one attached hydrogen (secondary N) is 1. The van der Waals surface area contributed by atoms with E-state index in [0.29, 0.717) is 33.2 Å². The number of nitrogens with zero attached hydrogens (tertiary/aromatic N) is 2. The first-order valence-electron chi connectivity index (χ1n) is 9.86. The molecule has 1 aliphatic carbocycles. The number of carbonyl (C=O) groups excluding carboxylic acids is 2. The fourth-order valence-corrected chi connectivity index (χ4v) is 5.92. The lowest BCUT2D eigenvalue weighted by Gasteiger charge is -2.12. The first kappa shape index (κ1) is 20.6. The Morgan fingerprint density at radius 2 is 2.03 bits per heavy atom. The molecule has 0 bridgehead atoms. The molecule has 2 amide bonds. The second kappa shape index (κ2) is 8.61. The molecule has 3 N–H and O–H groups in total. The van der Waals surface area contributed by atoms with E-state index in [1.54, 1.807) is 16.7 Å². The number of rotatable bonds is 6. The molecule has 0 unspecified atom stereocenters. The van der Waals surface area contributed by atoms with Crippen LogP contribution in [0.25, 0.3) is 10.9 Å². The Kier molecular flexibility index (Phi) is 5.92. The Morgan fingerprint density at radius 3 is 2.80 bits per heavy atom. The number of thiophene rings is 1. The number of amides is 2. The number of thioether (sulfide) groups is 1. The van der Waals surface area contributed by atoms with Gasteiger partial charge in [0.25, 0.3) is 11.5 Å². The second-order valence-corrected chi connectivity index (χ2v) is 9.12. The van der Waals surface area contributed by atoms with Gasteiger partial charge in [-0.2, -0.15) is 0 Å². The van der Waals surface area contributed by atoms with E-state index in [2.05, 4.69) is 10.3 Å². The summed E-state index contributed by atoms with van der Waals surface area (Å²) in [7, 11) is 0. The molecule has 0 saturated heterocycles. The summed E-state index contributed by atoms with van der Waals surface area (Å²) >= 11 is 2.64. The molecule has 1 aliphatic rings. The van der Waals surface area contributed by atoms with E-state index >= 15 is 0 Å². The quantitative estimate of drug-likeness (QED) is 0.450. The second-order valence-electron chi connectivity index (χ2n) is 7.08. The summed E-state index contributed by atoms with van der Waals surface area (Å²) in [6, 6.07) is 7.18. The first-order chi connectivity index (χ1) is 14.5. The lowest BCUT2D eigenvalue weighted by Crippen LogP contribution is -2.23. The molecule has 0 aliphatic heterocycles. The summed E-state index contributed by atoms with van der Waals surface area (Å²) in [4.78, 5) is 43.0. The van der Waals surface area contributed by atoms with E-state index in [1.807, 2.05) is 19.1 Å². The highest BCUT2D eigenvalue weighted by molar-refractivity contribution is 7.99. The van der Waals surface area contributed by atoms with Crippen LogP contribution in [0.3, 0.4) is 0 Å². The number of fused-ring (bicyclic) bond motifs is 2. The molecule has 4 rings (SSSR count). The van der Waals surface area contributed by atoms with Gasteiger partial charge in [-0.3, -0.25) is 19.0 Å². The SMILES string of the molecule is CCn1c(SCC(=O)Nc2sc3c(c2C(N)=O)CCCC3)nc2ccccc2c1=O. The summed E-state index contributed by atoms with van der Waals surface area (Å²) in [6.07, 6.45) is 3.83. The number of carbonyl (C=O) groups is 2. The van der Waals surface area contributed by atoms with Crippen molar-refractivity contribution in [3.05, 3.63) is 50.6 Å². The number of aryl methyl sites for hydroxylation is 1. The van der Waals surface area contributed by atoms with Crippen molar-refractivity contribution in [1.82, 2.24) is 9.55 Å². The lowest BCUT2D eigenvalue weighted by molar-refractivity contribution is -0.113. The summed E-state index contributed by atoms with van der Waals surface area (Å²) in [5.41, 5.74) is 7.52. The number of nitrogens with two attached hydrogens (primary N) is 1. The van der Waals surface area contributed by atoms with Gasteiger partial charge in [0, 0.05) is 11.4 Å². The molecule has 1 aromatic carbocycles. The van der Waals surface area contributed by atoms with Gasteiger partial charge in [0.2, 0.25) is 5.91 Å². The maximum Gasteiger partial charge on any atom is 0.262 e. The third-order valence-electron chi connectivity index (χ3n) is 5.15. The van der Waals surface area contributed by atoms with Crippen LogP contribution in [0.1, 0.15) is 40.6 Å². The van der Waals surface area contributed by atoms with E-state index < -0.39 is 5.91 Å². The summed E-state index contributed by atoms with van der Waals surface area (Å²) < 4.78 is 1.57. The number of hydrogen-bond acceptors (Lipinski definition) is 6. The van der Waals surface area contributed by atoms with Gasteiger partial charge < -0.3 is 11.1 Å². The lowest BCUT2D eigenvalue weighted by atomic mass is 9.95. The van der Waals surface area contributed by atoms with Gasteiger partial charge in [-0.1, -0.05) is 23.9 Å². The van der Waals surface area contributed by atoms with Gasteiger partial charge in [-0.05, 0) is 50.3 Å². The molecule has 30 heavy (non-hydrogen) atoms. The molecule has 2 heterocycles. The van der Waals surface area contributed by atoms with E-state index in [-0.39, 0.29) is 17.2 Å². The van der Waals surface area contributed by atoms with E-state index in [9.17, 15) is 14.4 Å². The maximum absolute atomic E-state index is 12.7. The standard InChI is InChI=1S/C21H22N4O3S2/c1-2-25-20(28)12-7-3-5-9-14(12)23-21(25)29-11-16(26)24-19-17(18(22)27)13-8-4-6-10-15(13)30-19/h3,5,7,9H,2,4,6,8,10-11H2,1H3,(H2,22,27)(H,24,26). The first-order valence-corrected chi connectivity index (χ1v) is 11.7. The molecule has 0 saturated carbocycles. The van der Waals surface area contributed by atoms with Crippen molar-refractivity contribution in [2.75, 3.05) is 11.1 Å². The van der Waals surface area contributed by atoms with Gasteiger partial charge in [0.15, 0.2) is 5.16 Å². The van der Waals surface area contributed by atoms with Crippen molar-refractivity contribution in [2.24, 2.45) is 5.73 Å². The number of anilines is 1. The molecule has 9 heteroatoms. The normalized spacial score (nSPS) is 13.2. The highest BCUT2D eigenvalue weighted by Gasteiger charge is 2.25. The van der Waals surface area contributed by atoms with E-state index in [1.165, 1.54) is 23.1 Å². The molecule has 7 nitrogen and oxygen atoms in total. The monoisotopic (exact) mass is 442 g/mol. The van der Waals surface area contributed by atoms with Crippen molar-refractivity contribution < 1.29 is 9.59 Å². The van der Waals surface area contributed by atoms with Crippen LogP contribution in [0.4, 0.5) is 5.00 Å². The fourth-order valence-electron chi connectivity index (χ4n) is 3.74. The minimum Gasteiger partial charge on any atom is -0.365 e. The van der Waals surface area contributed by atoms with E-state index in [0.717, 1.165) is 36.1 Å². The van der Waals surface area contributed by atoms with Gasteiger partial charge in [-0.25, -0.2) is 4.98 Å². The minimum absolute atomic E-state index is 0.0749. The average Bonchev–Trinajstić information content (AvgIpc) is 3.10. The third kappa shape index (κ3) is 3.87. The highest BCUT2D eigenvalue weighted by atomic mass is 32.2. The van der Waals surface area contributed by atoms with Crippen LogP contribution in [0, 0.1) is 0 Å². The Morgan fingerprint density at radius 1 is 1.27 bits per heavy atom. The minimum atomic E-state index is -0.506. The van der Waals surface area contributed by atoms with Gasteiger partial charge in [-0.15, -0.1) is 11.3 Å². The highest BCUT2D eigenvalue weighted by Crippen LogP contribution is 2.38. The van der Waals surface area contributed by atoms with Crippen molar-refractivity contribution in [2.45, 2.75) is 44.3 Å². The Bertz CT molecular complexity index is 1200. The predicted octanol–water partition coefficient (Wildman–Crippen LogP) is 3.19. The van der Waals surface area contributed by atoms with Crippen LogP contribution in [-0.2, 0) is 24.2 Å². The van der Waals surface area contributed by atoms with Crippen LogP contribution in [0.15, 0.2) is 34.2 Å². The number of aromatic nitrogens is 2. The van der Waals surface area contributed by atoms with Crippen LogP contribution < -0.4 is 16.6 Å². The van der Waals surface area contributed by atoms with Crippen molar-refractivity contribution in [3.8, 4) is 0 Å². The zero-order chi connectivity index (χ0) is 21.3. The Labute approximate surface area is 181 Å². The largest absolute Gasteiger partial charge is 0.365 e. The molecule has 0 radical (unpaired) electrons. The van der Waals surface area contributed by atoms with Crippen molar-refractivity contribution >= 4 is 50.8 Å². The molecule has 2 aromatic heterocycles. The summed E-state index contributed by atoms with van der Waals surface area (Å²) in [6.45, 7) is 2.33. The molecular formula is C21H22N4O3S2. The molecule has 0 fully saturated rings. The number of benzene rings is 1. The topological polar surface area (TPSA) is 107 Å². The fraction of sp³-hybridized carbons (Fsp3) is 0.333. The summed E-state index contributed by atoms with van der Waals surface area (Å²) in [5, 5.41) is 4.43. The van der Waals surface area contributed by atoms with Crippen LogP contribution in [0.2, 0.25) is 0 Å². The maximum atomic E-state index is 12.7. The molecule has 0 atom stereocenters. The molecule has 0 spiro atoms. The molecular weight excluding hydrogens is 420 g/mol. The zero-order valence-electron chi connectivity index (χ0n) is 16.6. The molecule has 156 valence electrons. The van der Waals surface area contributed by atoms with Crippen molar-refractivity contribution in [1.29, 1.82) is 0 Å². The number of hydrogen-bond donors (Lipinski definition) is 2. The van der Waals surface area contributed by atoms with Crippen LogP contribution in [-0.4, -0.2) is 27.1 Å². The smallest absolute Gasteiger partial charge is 0.262 e. The van der Waals surface area contributed by atoms with Gasteiger partial charge in [0.1, 0.15) is 5.00 Å². The van der Waals surface area contributed by atoms with Gasteiger partial charge in [0.05, 0.1) is 22.2 Å². The molecule has 3 aromatic rings. The zero-order valence-corrected chi connectivity index (χ0v) is 18.2. The number of para-hydroxylation sites is 1. The van der Waals surface area contributed by atoms with E-state index in [4.69, 9.17) is 5.73 Å². The average molecular weight is 443 g/mol. The summed E-state index contributed by atoms with van der Waals surface area (Å²) in [5.74, 6) is -0.689. The van der Waals surface area contributed by atoms with Crippen LogP contribution >= 0.6 is 23.1 Å². The Balaban J connectivity index is 1.54.